The third-order valence-electron chi connectivity index (χ3n) is 2.52. The molecule has 0 aliphatic rings. The Morgan fingerprint density at radius 3 is 2.74 bits per heavy atom. The van der Waals surface area contributed by atoms with Gasteiger partial charge < -0.3 is 5.73 Å². The van der Waals surface area contributed by atoms with E-state index in [4.69, 9.17) is 22.6 Å². The molecule has 1 rings (SSSR count). The third-order valence-corrected chi connectivity index (χ3v) is 2.65. The first-order valence-corrected chi connectivity index (χ1v) is 6.47. The van der Waals surface area contributed by atoms with Gasteiger partial charge in [0.05, 0.1) is 11.6 Å². The Hall–Kier alpha value is -1.98. The average molecular weight is 273 g/mol. The van der Waals surface area contributed by atoms with E-state index in [1.54, 1.807) is 18.2 Å². The minimum absolute atomic E-state index is 0.589. The summed E-state index contributed by atoms with van der Waals surface area (Å²) in [7, 11) is 0. The monoisotopic (exact) mass is 272 g/mol. The molecule has 2 nitrogen and oxygen atoms in total. The van der Waals surface area contributed by atoms with Gasteiger partial charge >= 0.3 is 0 Å². The van der Waals surface area contributed by atoms with Gasteiger partial charge in [0.2, 0.25) is 0 Å². The maximum absolute atomic E-state index is 8.97. The van der Waals surface area contributed by atoms with Crippen molar-refractivity contribution in [3.63, 3.8) is 0 Å². The Kier molecular flexibility index (Phi) is 5.92. The van der Waals surface area contributed by atoms with E-state index < -0.39 is 0 Å². The van der Waals surface area contributed by atoms with Crippen molar-refractivity contribution in [2.24, 2.45) is 0 Å². The number of hydrogen-bond donors (Lipinski definition) is 1. The SMILES string of the molecule is CC\C=C/C(=C\C=C(/C)Cl)c1cc(C#N)ccc1N. The maximum Gasteiger partial charge on any atom is 0.0991 e. The summed E-state index contributed by atoms with van der Waals surface area (Å²) in [6, 6.07) is 7.37. The van der Waals surface area contributed by atoms with E-state index in [1.165, 1.54) is 0 Å². The Morgan fingerprint density at radius 2 is 2.16 bits per heavy atom. The second kappa shape index (κ2) is 7.45. The van der Waals surface area contributed by atoms with Crippen LogP contribution in [0.4, 0.5) is 5.69 Å². The van der Waals surface area contributed by atoms with Crippen molar-refractivity contribution in [3.8, 4) is 6.07 Å². The van der Waals surface area contributed by atoms with Gasteiger partial charge in [-0.15, -0.1) is 0 Å². The molecule has 0 saturated carbocycles. The summed E-state index contributed by atoms with van der Waals surface area (Å²) in [5.41, 5.74) is 9.01. The Labute approximate surface area is 119 Å². The number of nitriles is 1. The Balaban J connectivity index is 3.33. The van der Waals surface area contributed by atoms with Crippen LogP contribution in [0.25, 0.3) is 5.57 Å². The molecule has 0 aromatic heterocycles. The van der Waals surface area contributed by atoms with Crippen LogP contribution in [0, 0.1) is 11.3 Å². The summed E-state index contributed by atoms with van der Waals surface area (Å²) in [5.74, 6) is 0. The number of rotatable bonds is 4. The fourth-order valence-electron chi connectivity index (χ4n) is 1.56. The molecule has 0 aliphatic heterocycles. The molecule has 3 heteroatoms. The van der Waals surface area contributed by atoms with E-state index in [2.05, 4.69) is 13.0 Å². The van der Waals surface area contributed by atoms with Gasteiger partial charge in [0.1, 0.15) is 0 Å². The molecule has 98 valence electrons. The lowest BCUT2D eigenvalue weighted by Crippen LogP contribution is -1.93. The standard InChI is InChI=1S/C16H17ClN2/c1-3-4-5-14(8-6-12(2)17)15-10-13(11-18)7-9-16(15)19/h4-10H,3,19H2,1-2H3/b5-4-,12-6+,14-8+. The van der Waals surface area contributed by atoms with Gasteiger partial charge in [-0.3, -0.25) is 0 Å². The topological polar surface area (TPSA) is 49.8 Å². The number of nitrogen functional groups attached to an aromatic ring is 1. The van der Waals surface area contributed by atoms with E-state index in [0.29, 0.717) is 16.3 Å². The van der Waals surface area contributed by atoms with Crippen LogP contribution in [-0.4, -0.2) is 0 Å². The number of benzene rings is 1. The lowest BCUT2D eigenvalue weighted by atomic mass is 10.00. The first-order valence-electron chi connectivity index (χ1n) is 6.09. The molecular formula is C16H17ClN2. The zero-order valence-electron chi connectivity index (χ0n) is 11.2. The summed E-state index contributed by atoms with van der Waals surface area (Å²) < 4.78 is 0. The number of nitrogens with two attached hydrogens (primary N) is 1. The lowest BCUT2D eigenvalue weighted by Gasteiger charge is -2.07. The van der Waals surface area contributed by atoms with Crippen molar-refractivity contribution in [1.82, 2.24) is 0 Å². The van der Waals surface area contributed by atoms with Crippen molar-refractivity contribution in [3.05, 3.63) is 58.7 Å². The van der Waals surface area contributed by atoms with E-state index in [9.17, 15) is 0 Å². The number of halogens is 1. The van der Waals surface area contributed by atoms with Crippen molar-refractivity contribution in [2.75, 3.05) is 5.73 Å². The van der Waals surface area contributed by atoms with Crippen molar-refractivity contribution >= 4 is 22.9 Å². The van der Waals surface area contributed by atoms with Gasteiger partial charge in [-0.25, -0.2) is 0 Å². The van der Waals surface area contributed by atoms with Gasteiger partial charge in [-0.05, 0) is 43.2 Å². The molecule has 0 unspecified atom stereocenters. The molecule has 0 aliphatic carbocycles. The molecule has 0 bridgehead atoms. The van der Waals surface area contributed by atoms with Crippen LogP contribution in [-0.2, 0) is 0 Å². The lowest BCUT2D eigenvalue weighted by molar-refractivity contribution is 1.22. The first kappa shape index (κ1) is 15.1. The highest BCUT2D eigenvalue weighted by atomic mass is 35.5. The summed E-state index contributed by atoms with van der Waals surface area (Å²) >= 11 is 5.85. The van der Waals surface area contributed by atoms with Crippen LogP contribution < -0.4 is 5.73 Å². The molecule has 0 radical (unpaired) electrons. The largest absolute Gasteiger partial charge is 0.398 e. The van der Waals surface area contributed by atoms with Crippen LogP contribution in [0.5, 0.6) is 0 Å². The fraction of sp³-hybridized carbons (Fsp3) is 0.188. The maximum atomic E-state index is 8.97. The minimum atomic E-state index is 0.589. The van der Waals surface area contributed by atoms with E-state index in [1.807, 2.05) is 31.2 Å². The summed E-state index contributed by atoms with van der Waals surface area (Å²) in [5, 5.41) is 9.66. The van der Waals surface area contributed by atoms with Crippen molar-refractivity contribution in [2.45, 2.75) is 20.3 Å². The molecule has 2 N–H and O–H groups in total. The van der Waals surface area contributed by atoms with Crippen LogP contribution in [0.2, 0.25) is 0 Å². The number of hydrogen-bond acceptors (Lipinski definition) is 2. The predicted molar refractivity (Wildman–Crippen MR) is 82.6 cm³/mol. The molecule has 1 aromatic carbocycles. The quantitative estimate of drug-likeness (QED) is 0.641. The molecule has 0 atom stereocenters. The normalized spacial score (nSPS) is 12.7. The summed E-state index contributed by atoms with van der Waals surface area (Å²) in [4.78, 5) is 0. The average Bonchev–Trinajstić information content (AvgIpc) is 2.40. The van der Waals surface area contributed by atoms with Crippen molar-refractivity contribution in [1.29, 1.82) is 5.26 Å². The second-order valence-electron chi connectivity index (χ2n) is 4.10. The molecule has 0 spiro atoms. The molecule has 0 fully saturated rings. The van der Waals surface area contributed by atoms with Crippen LogP contribution in [0.1, 0.15) is 31.4 Å². The molecule has 19 heavy (non-hydrogen) atoms. The highest BCUT2D eigenvalue weighted by Crippen LogP contribution is 2.24. The highest BCUT2D eigenvalue weighted by molar-refractivity contribution is 6.29. The number of anilines is 1. The third kappa shape index (κ3) is 4.65. The van der Waals surface area contributed by atoms with E-state index >= 15 is 0 Å². The zero-order chi connectivity index (χ0) is 14.3. The van der Waals surface area contributed by atoms with Gasteiger partial charge in [0.15, 0.2) is 0 Å². The Morgan fingerprint density at radius 1 is 1.42 bits per heavy atom. The summed E-state index contributed by atoms with van der Waals surface area (Å²) in [6.45, 7) is 3.88. The van der Waals surface area contributed by atoms with Gasteiger partial charge in [-0.1, -0.05) is 36.8 Å². The summed E-state index contributed by atoms with van der Waals surface area (Å²) in [6.07, 6.45) is 8.68. The van der Waals surface area contributed by atoms with E-state index in [-0.39, 0.29) is 0 Å². The minimum Gasteiger partial charge on any atom is -0.398 e. The van der Waals surface area contributed by atoms with Gasteiger partial charge in [0, 0.05) is 16.3 Å². The highest BCUT2D eigenvalue weighted by Gasteiger charge is 2.04. The molecule has 0 heterocycles. The van der Waals surface area contributed by atoms with Crippen molar-refractivity contribution < 1.29 is 0 Å². The molecular weight excluding hydrogens is 256 g/mol. The van der Waals surface area contributed by atoms with Crippen LogP contribution >= 0.6 is 11.6 Å². The molecule has 0 amide bonds. The first-order chi connectivity index (χ1) is 9.08. The fourth-order valence-corrected chi connectivity index (χ4v) is 1.62. The zero-order valence-corrected chi connectivity index (χ0v) is 11.9. The number of nitrogens with zero attached hydrogens (tertiary/aromatic N) is 1. The molecule has 1 aromatic rings. The smallest absolute Gasteiger partial charge is 0.0991 e. The van der Waals surface area contributed by atoms with Gasteiger partial charge in [0.25, 0.3) is 0 Å². The second-order valence-corrected chi connectivity index (χ2v) is 4.70. The Bertz CT molecular complexity index is 571. The molecule has 0 saturated heterocycles. The van der Waals surface area contributed by atoms with E-state index in [0.717, 1.165) is 17.6 Å². The van der Waals surface area contributed by atoms with Crippen LogP contribution in [0.15, 0.2) is 47.5 Å². The predicted octanol–water partition coefficient (Wildman–Crippen LogP) is 4.63. The van der Waals surface area contributed by atoms with Gasteiger partial charge in [-0.2, -0.15) is 5.26 Å². The number of allylic oxidation sites excluding steroid dienone is 6. The van der Waals surface area contributed by atoms with Crippen LogP contribution in [0.3, 0.4) is 0 Å².